The van der Waals surface area contributed by atoms with Crippen molar-refractivity contribution in [3.8, 4) is 0 Å². The van der Waals surface area contributed by atoms with Gasteiger partial charge in [-0.25, -0.2) is 0 Å². The molecule has 0 aromatic heterocycles. The SMILES string of the molecule is CNC(CC(F)(F)F)CC(F)(F)F.P. The fourth-order valence-electron chi connectivity index (χ4n) is 0.835. The van der Waals surface area contributed by atoms with Gasteiger partial charge in [-0.15, -0.1) is 0 Å². The maximum absolute atomic E-state index is 11.7. The lowest BCUT2D eigenvalue weighted by molar-refractivity contribution is -0.164. The highest BCUT2D eigenvalue weighted by Gasteiger charge is 2.37. The molecule has 0 amide bonds. The monoisotopic (exact) mass is 243 g/mol. The molecule has 0 aromatic rings. The molecular formula is C6H12F6NP. The number of alkyl halides is 6. The summed E-state index contributed by atoms with van der Waals surface area (Å²) in [6.45, 7) is 0. The molecular weight excluding hydrogens is 231 g/mol. The number of hydrogen-bond donors (Lipinski definition) is 1. The summed E-state index contributed by atoms with van der Waals surface area (Å²) < 4.78 is 70.0. The minimum Gasteiger partial charge on any atom is -0.316 e. The van der Waals surface area contributed by atoms with Gasteiger partial charge >= 0.3 is 12.4 Å². The van der Waals surface area contributed by atoms with Gasteiger partial charge in [0.25, 0.3) is 0 Å². The van der Waals surface area contributed by atoms with E-state index in [2.05, 4.69) is 0 Å². The lowest BCUT2D eigenvalue weighted by atomic mass is 10.1. The highest BCUT2D eigenvalue weighted by molar-refractivity contribution is 6.92. The zero-order valence-electron chi connectivity index (χ0n) is 7.47. The van der Waals surface area contributed by atoms with Crippen LogP contribution in [0.1, 0.15) is 12.8 Å². The van der Waals surface area contributed by atoms with Crippen molar-refractivity contribution >= 4 is 9.90 Å². The molecule has 0 bridgehead atoms. The van der Waals surface area contributed by atoms with Crippen LogP contribution in [-0.4, -0.2) is 25.4 Å². The minimum absolute atomic E-state index is 0. The Labute approximate surface area is 80.9 Å². The van der Waals surface area contributed by atoms with E-state index in [9.17, 15) is 26.3 Å². The first-order chi connectivity index (χ1) is 5.64. The van der Waals surface area contributed by atoms with Crippen molar-refractivity contribution < 1.29 is 26.3 Å². The summed E-state index contributed by atoms with van der Waals surface area (Å²) in [6.07, 6.45) is -12.1. The van der Waals surface area contributed by atoms with Crippen LogP contribution in [0, 0.1) is 0 Å². The predicted molar refractivity (Wildman–Crippen MR) is 45.3 cm³/mol. The molecule has 1 atom stereocenters. The summed E-state index contributed by atoms with van der Waals surface area (Å²) >= 11 is 0. The maximum Gasteiger partial charge on any atom is 0.390 e. The summed E-state index contributed by atoms with van der Waals surface area (Å²) in [7, 11) is 1.07. The van der Waals surface area contributed by atoms with E-state index in [1.54, 1.807) is 0 Å². The molecule has 88 valence electrons. The van der Waals surface area contributed by atoms with Crippen LogP contribution in [0.3, 0.4) is 0 Å². The smallest absolute Gasteiger partial charge is 0.316 e. The van der Waals surface area contributed by atoms with Crippen LogP contribution >= 0.6 is 9.90 Å². The van der Waals surface area contributed by atoms with Crippen LogP contribution in [0.15, 0.2) is 0 Å². The zero-order chi connectivity index (χ0) is 10.7. The van der Waals surface area contributed by atoms with Crippen LogP contribution in [0.4, 0.5) is 26.3 Å². The number of rotatable bonds is 3. The first kappa shape index (κ1) is 16.4. The second kappa shape index (κ2) is 5.75. The lowest BCUT2D eigenvalue weighted by Gasteiger charge is -2.19. The molecule has 0 rings (SSSR count). The van der Waals surface area contributed by atoms with Gasteiger partial charge in [0.15, 0.2) is 0 Å². The molecule has 0 aliphatic heterocycles. The van der Waals surface area contributed by atoms with Gasteiger partial charge in [0.1, 0.15) is 0 Å². The molecule has 8 heteroatoms. The van der Waals surface area contributed by atoms with Gasteiger partial charge < -0.3 is 5.32 Å². The van der Waals surface area contributed by atoms with Crippen molar-refractivity contribution in [2.24, 2.45) is 0 Å². The Hall–Kier alpha value is -0.0300. The van der Waals surface area contributed by atoms with Gasteiger partial charge in [0, 0.05) is 6.04 Å². The Balaban J connectivity index is 0. The van der Waals surface area contributed by atoms with E-state index in [1.165, 1.54) is 0 Å². The summed E-state index contributed by atoms with van der Waals surface area (Å²) in [5, 5.41) is 1.98. The van der Waals surface area contributed by atoms with Crippen LogP contribution in [0.5, 0.6) is 0 Å². The molecule has 1 N–H and O–H groups in total. The molecule has 0 radical (unpaired) electrons. The van der Waals surface area contributed by atoms with E-state index >= 15 is 0 Å². The standard InChI is InChI=1S/C6H9F6N.H3P/c1-13-4(2-5(7,8)9)3-6(10,11)12;/h4,13H,2-3H2,1H3;1H3. The first-order valence-electron chi connectivity index (χ1n) is 3.45. The van der Waals surface area contributed by atoms with Crippen LogP contribution in [-0.2, 0) is 0 Å². The van der Waals surface area contributed by atoms with Crippen molar-refractivity contribution in [3.63, 3.8) is 0 Å². The summed E-state index contributed by atoms with van der Waals surface area (Å²) in [6, 6.07) is -1.60. The van der Waals surface area contributed by atoms with E-state index in [0.717, 1.165) is 7.05 Å². The molecule has 0 aliphatic carbocycles. The summed E-state index contributed by atoms with van der Waals surface area (Å²) in [5.74, 6) is 0. The molecule has 0 aromatic carbocycles. The molecule has 14 heavy (non-hydrogen) atoms. The van der Waals surface area contributed by atoms with Crippen molar-refractivity contribution in [3.05, 3.63) is 0 Å². The molecule has 0 aliphatic rings. The Kier molecular flexibility index (Phi) is 6.74. The van der Waals surface area contributed by atoms with E-state index < -0.39 is 31.2 Å². The van der Waals surface area contributed by atoms with Gasteiger partial charge in [-0.2, -0.15) is 36.2 Å². The van der Waals surface area contributed by atoms with Crippen LogP contribution in [0.2, 0.25) is 0 Å². The quantitative estimate of drug-likeness (QED) is 0.593. The average Bonchev–Trinajstić information content (AvgIpc) is 1.79. The van der Waals surface area contributed by atoms with Crippen molar-refractivity contribution in [1.29, 1.82) is 0 Å². The zero-order valence-corrected chi connectivity index (χ0v) is 8.88. The Morgan fingerprint density at radius 2 is 1.21 bits per heavy atom. The molecule has 1 nitrogen and oxygen atoms in total. The highest BCUT2D eigenvalue weighted by atomic mass is 31.0. The number of hydrogen-bond acceptors (Lipinski definition) is 1. The van der Waals surface area contributed by atoms with E-state index in [-0.39, 0.29) is 9.90 Å². The fourth-order valence-corrected chi connectivity index (χ4v) is 0.835. The second-order valence-electron chi connectivity index (χ2n) is 2.62. The molecule has 1 unspecified atom stereocenters. The summed E-state index contributed by atoms with van der Waals surface area (Å²) in [5.41, 5.74) is 0. The largest absolute Gasteiger partial charge is 0.390 e. The lowest BCUT2D eigenvalue weighted by Crippen LogP contribution is -2.35. The van der Waals surface area contributed by atoms with Gasteiger partial charge in [-0.1, -0.05) is 0 Å². The van der Waals surface area contributed by atoms with Crippen molar-refractivity contribution in [1.82, 2.24) is 5.32 Å². The third kappa shape index (κ3) is 10.1. The Morgan fingerprint density at radius 3 is 1.36 bits per heavy atom. The predicted octanol–water partition coefficient (Wildman–Crippen LogP) is 2.54. The third-order valence-corrected chi connectivity index (χ3v) is 1.36. The minimum atomic E-state index is -4.57. The average molecular weight is 243 g/mol. The molecule has 0 saturated heterocycles. The van der Waals surface area contributed by atoms with Gasteiger partial charge in [0.05, 0.1) is 12.8 Å². The van der Waals surface area contributed by atoms with Gasteiger partial charge in [-0.05, 0) is 7.05 Å². The maximum atomic E-state index is 11.7. The van der Waals surface area contributed by atoms with E-state index in [0.29, 0.717) is 0 Å². The Bertz CT molecular complexity index is 137. The first-order valence-corrected chi connectivity index (χ1v) is 3.45. The molecule has 0 fully saturated rings. The highest BCUT2D eigenvalue weighted by Crippen LogP contribution is 2.28. The molecule has 0 heterocycles. The van der Waals surface area contributed by atoms with Crippen molar-refractivity contribution in [2.75, 3.05) is 7.05 Å². The van der Waals surface area contributed by atoms with Crippen LogP contribution < -0.4 is 5.32 Å². The van der Waals surface area contributed by atoms with Gasteiger partial charge in [-0.3, -0.25) is 0 Å². The van der Waals surface area contributed by atoms with E-state index in [1.807, 2.05) is 5.32 Å². The topological polar surface area (TPSA) is 12.0 Å². The van der Waals surface area contributed by atoms with E-state index in [4.69, 9.17) is 0 Å². The Morgan fingerprint density at radius 1 is 0.929 bits per heavy atom. The summed E-state index contributed by atoms with van der Waals surface area (Å²) in [4.78, 5) is 0. The van der Waals surface area contributed by atoms with Crippen molar-refractivity contribution in [2.45, 2.75) is 31.2 Å². The van der Waals surface area contributed by atoms with Gasteiger partial charge in [0.2, 0.25) is 0 Å². The number of nitrogens with one attached hydrogen (secondary N) is 1. The number of halogens is 6. The fraction of sp³-hybridized carbons (Fsp3) is 1.00. The molecule has 0 saturated carbocycles. The van der Waals surface area contributed by atoms with Crippen LogP contribution in [0.25, 0.3) is 0 Å². The molecule has 0 spiro atoms. The second-order valence-corrected chi connectivity index (χ2v) is 2.62. The normalized spacial score (nSPS) is 12.9. The third-order valence-electron chi connectivity index (χ3n) is 1.36.